The summed E-state index contributed by atoms with van der Waals surface area (Å²) in [4.78, 5) is 12.0. The van der Waals surface area contributed by atoms with E-state index in [-0.39, 0.29) is 11.3 Å². The maximum Gasteiger partial charge on any atom is 0.343 e. The number of hydrogen-bond donors (Lipinski definition) is 0. The van der Waals surface area contributed by atoms with Gasteiger partial charge in [-0.3, -0.25) is 0 Å². The van der Waals surface area contributed by atoms with Crippen LogP contribution in [0, 0.1) is 23.0 Å². The van der Waals surface area contributed by atoms with Crippen LogP contribution in [0.1, 0.15) is 34.8 Å². The number of halogens is 2. The van der Waals surface area contributed by atoms with Crippen LogP contribution < -0.4 is 4.74 Å². The molecule has 124 valence electrons. The van der Waals surface area contributed by atoms with Gasteiger partial charge in [0.15, 0.2) is 0 Å². The van der Waals surface area contributed by atoms with Gasteiger partial charge >= 0.3 is 5.97 Å². The molecule has 0 amide bonds. The topological polar surface area (TPSA) is 59.3 Å². The predicted octanol–water partition coefficient (Wildman–Crippen LogP) is 3.98. The van der Waals surface area contributed by atoms with E-state index in [9.17, 15) is 13.6 Å². The number of nitriles is 1. The Hall–Kier alpha value is -2.78. The molecule has 24 heavy (non-hydrogen) atoms. The van der Waals surface area contributed by atoms with Crippen molar-refractivity contribution < 1.29 is 23.0 Å². The number of hydrogen-bond acceptors (Lipinski definition) is 4. The van der Waals surface area contributed by atoms with Gasteiger partial charge in [-0.1, -0.05) is 19.1 Å². The highest BCUT2D eigenvalue weighted by atomic mass is 19.1. The summed E-state index contributed by atoms with van der Waals surface area (Å²) in [5, 5.41) is 8.61. The first kappa shape index (κ1) is 17.6. The average Bonchev–Trinajstić information content (AvgIpc) is 2.55. The van der Waals surface area contributed by atoms with Gasteiger partial charge in [-0.2, -0.15) is 5.26 Å². The monoisotopic (exact) mass is 331 g/mol. The van der Waals surface area contributed by atoms with E-state index in [0.717, 1.165) is 24.1 Å². The Labute approximate surface area is 138 Å². The lowest BCUT2D eigenvalue weighted by Crippen LogP contribution is -2.09. The molecule has 0 aliphatic heterocycles. The van der Waals surface area contributed by atoms with Crippen molar-refractivity contribution >= 4 is 5.97 Å². The fourth-order valence-corrected chi connectivity index (χ4v) is 1.95. The molecule has 0 aliphatic carbocycles. The number of carbonyl (C=O) groups excluding carboxylic acids is 1. The van der Waals surface area contributed by atoms with Gasteiger partial charge in [0.05, 0.1) is 12.2 Å². The van der Waals surface area contributed by atoms with E-state index >= 15 is 0 Å². The molecule has 0 N–H and O–H groups in total. The fraction of sp³-hybridized carbons (Fsp3) is 0.222. The Morgan fingerprint density at radius 3 is 2.33 bits per heavy atom. The standard InChI is InChI=1S/C18H15F2NO3/c1-2-7-23-11-12-3-5-13(6-4-12)18(22)24-14-8-16(19)15(10-21)17(20)9-14/h3-6,8-9H,2,7,11H2,1H3. The van der Waals surface area contributed by atoms with Crippen LogP contribution in [0.15, 0.2) is 36.4 Å². The summed E-state index contributed by atoms with van der Waals surface area (Å²) in [7, 11) is 0. The van der Waals surface area contributed by atoms with Gasteiger partial charge in [0, 0.05) is 18.7 Å². The Morgan fingerprint density at radius 1 is 1.17 bits per heavy atom. The maximum absolute atomic E-state index is 13.5. The summed E-state index contributed by atoms with van der Waals surface area (Å²) < 4.78 is 37.3. The summed E-state index contributed by atoms with van der Waals surface area (Å²) in [5.41, 5.74) is 0.418. The second kappa shape index (κ2) is 8.18. The first-order valence-electron chi connectivity index (χ1n) is 7.33. The van der Waals surface area contributed by atoms with Crippen LogP contribution in [-0.2, 0) is 11.3 Å². The van der Waals surface area contributed by atoms with Gasteiger partial charge in [-0.15, -0.1) is 0 Å². The molecular weight excluding hydrogens is 316 g/mol. The van der Waals surface area contributed by atoms with Crippen LogP contribution in [-0.4, -0.2) is 12.6 Å². The van der Waals surface area contributed by atoms with Crippen LogP contribution >= 0.6 is 0 Å². The molecule has 0 aliphatic rings. The molecule has 4 nitrogen and oxygen atoms in total. The second-order valence-electron chi connectivity index (χ2n) is 5.01. The Balaban J connectivity index is 2.06. The average molecular weight is 331 g/mol. The molecule has 6 heteroatoms. The zero-order valence-corrected chi connectivity index (χ0v) is 13.0. The first-order chi connectivity index (χ1) is 11.5. The van der Waals surface area contributed by atoms with Crippen LogP contribution in [0.4, 0.5) is 8.78 Å². The Bertz CT molecular complexity index is 744. The van der Waals surface area contributed by atoms with Crippen molar-refractivity contribution in [3.05, 3.63) is 64.7 Å². The largest absolute Gasteiger partial charge is 0.423 e. The normalized spacial score (nSPS) is 10.2. The number of nitrogens with zero attached hydrogens (tertiary/aromatic N) is 1. The number of benzene rings is 2. The highest BCUT2D eigenvalue weighted by Crippen LogP contribution is 2.21. The zero-order valence-electron chi connectivity index (χ0n) is 13.0. The van der Waals surface area contributed by atoms with Crippen molar-refractivity contribution in [3.63, 3.8) is 0 Å². The molecule has 0 aromatic heterocycles. The van der Waals surface area contributed by atoms with Gasteiger partial charge < -0.3 is 9.47 Å². The molecule has 0 fully saturated rings. The molecule has 2 rings (SSSR count). The van der Waals surface area contributed by atoms with Crippen LogP contribution in [0.3, 0.4) is 0 Å². The van der Waals surface area contributed by atoms with E-state index < -0.39 is 23.2 Å². The number of ether oxygens (including phenoxy) is 2. The van der Waals surface area contributed by atoms with Crippen LogP contribution in [0.25, 0.3) is 0 Å². The minimum atomic E-state index is -1.08. The second-order valence-corrected chi connectivity index (χ2v) is 5.01. The lowest BCUT2D eigenvalue weighted by atomic mass is 10.1. The third-order valence-electron chi connectivity index (χ3n) is 3.14. The molecule has 0 saturated heterocycles. The van der Waals surface area contributed by atoms with Gasteiger partial charge in [-0.25, -0.2) is 13.6 Å². The van der Waals surface area contributed by atoms with Gasteiger partial charge in [0.25, 0.3) is 0 Å². The molecule has 0 atom stereocenters. The Kier molecular flexibility index (Phi) is 5.99. The summed E-state index contributed by atoms with van der Waals surface area (Å²) in [6.07, 6.45) is 0.919. The molecule has 0 spiro atoms. The molecule has 2 aromatic carbocycles. The molecule has 2 aromatic rings. The van der Waals surface area contributed by atoms with E-state index in [1.807, 2.05) is 6.92 Å². The summed E-state index contributed by atoms with van der Waals surface area (Å²) in [5.74, 6) is -3.21. The van der Waals surface area contributed by atoms with E-state index in [2.05, 4.69) is 0 Å². The highest BCUT2D eigenvalue weighted by molar-refractivity contribution is 5.91. The third kappa shape index (κ3) is 4.37. The molecule has 0 radical (unpaired) electrons. The SMILES string of the molecule is CCCOCc1ccc(C(=O)Oc2cc(F)c(C#N)c(F)c2)cc1. The molecular formula is C18H15F2NO3. The van der Waals surface area contributed by atoms with E-state index in [1.165, 1.54) is 6.07 Å². The van der Waals surface area contributed by atoms with Crippen molar-refractivity contribution in [1.82, 2.24) is 0 Å². The number of rotatable bonds is 6. The maximum atomic E-state index is 13.5. The van der Waals surface area contributed by atoms with E-state index in [1.54, 1.807) is 24.3 Å². The number of esters is 1. The minimum absolute atomic E-state index is 0.236. The van der Waals surface area contributed by atoms with Crippen molar-refractivity contribution in [2.45, 2.75) is 20.0 Å². The first-order valence-corrected chi connectivity index (χ1v) is 7.33. The van der Waals surface area contributed by atoms with E-state index in [4.69, 9.17) is 14.7 Å². The van der Waals surface area contributed by atoms with Crippen molar-refractivity contribution in [1.29, 1.82) is 5.26 Å². The van der Waals surface area contributed by atoms with Gasteiger partial charge in [0.1, 0.15) is 29.0 Å². The zero-order chi connectivity index (χ0) is 17.5. The van der Waals surface area contributed by atoms with Gasteiger partial charge in [-0.05, 0) is 24.1 Å². The van der Waals surface area contributed by atoms with Crippen molar-refractivity contribution in [3.8, 4) is 11.8 Å². The van der Waals surface area contributed by atoms with Crippen LogP contribution in [0.5, 0.6) is 5.75 Å². The molecule has 0 saturated carbocycles. The van der Waals surface area contributed by atoms with E-state index in [0.29, 0.717) is 13.2 Å². The number of carbonyl (C=O) groups is 1. The summed E-state index contributed by atoms with van der Waals surface area (Å²) in [6, 6.07) is 9.52. The minimum Gasteiger partial charge on any atom is -0.423 e. The summed E-state index contributed by atoms with van der Waals surface area (Å²) >= 11 is 0. The third-order valence-corrected chi connectivity index (χ3v) is 3.14. The lowest BCUT2D eigenvalue weighted by Gasteiger charge is -2.07. The fourth-order valence-electron chi connectivity index (χ4n) is 1.95. The molecule has 0 heterocycles. The molecule has 0 bridgehead atoms. The Morgan fingerprint density at radius 2 is 1.79 bits per heavy atom. The van der Waals surface area contributed by atoms with Crippen LogP contribution in [0.2, 0.25) is 0 Å². The quantitative estimate of drug-likeness (QED) is 0.456. The predicted molar refractivity (Wildman–Crippen MR) is 82.4 cm³/mol. The van der Waals surface area contributed by atoms with Gasteiger partial charge in [0.2, 0.25) is 0 Å². The smallest absolute Gasteiger partial charge is 0.343 e. The van der Waals surface area contributed by atoms with Crippen molar-refractivity contribution in [2.75, 3.05) is 6.61 Å². The lowest BCUT2D eigenvalue weighted by molar-refractivity contribution is 0.0733. The molecule has 0 unspecified atom stereocenters. The highest BCUT2D eigenvalue weighted by Gasteiger charge is 2.14. The van der Waals surface area contributed by atoms with Crippen molar-refractivity contribution in [2.24, 2.45) is 0 Å². The summed E-state index contributed by atoms with van der Waals surface area (Å²) in [6.45, 7) is 3.10.